The highest BCUT2D eigenvalue weighted by Gasteiger charge is 2.11. The van der Waals surface area contributed by atoms with Crippen molar-refractivity contribution in [2.45, 2.75) is 12.8 Å². The molecule has 0 fully saturated rings. The minimum Gasteiger partial charge on any atom is -0.319 e. The van der Waals surface area contributed by atoms with Gasteiger partial charge in [0.2, 0.25) is 0 Å². The maximum atomic E-state index is 5.92. The Morgan fingerprint density at radius 2 is 1.89 bits per heavy atom. The Balaban J connectivity index is 2.01. The fraction of sp³-hybridized carbons (Fsp3) is 0.400. The molecule has 1 N–H and O–H groups in total. The summed E-state index contributed by atoms with van der Waals surface area (Å²) in [5, 5.41) is 8.29. The summed E-state index contributed by atoms with van der Waals surface area (Å²) in [4.78, 5) is 0. The molecular formula is C15H20ClN3. The number of aryl methyl sites for hydroxylation is 1. The zero-order valence-electron chi connectivity index (χ0n) is 11.4. The van der Waals surface area contributed by atoms with Crippen molar-refractivity contribution >= 4 is 11.6 Å². The molecule has 0 saturated carbocycles. The number of rotatable bonds is 6. The Morgan fingerprint density at radius 1 is 1.21 bits per heavy atom. The van der Waals surface area contributed by atoms with E-state index in [0.29, 0.717) is 5.92 Å². The normalized spacial score (nSPS) is 12.6. The van der Waals surface area contributed by atoms with E-state index in [9.17, 15) is 0 Å². The lowest BCUT2D eigenvalue weighted by molar-refractivity contribution is 0.493. The van der Waals surface area contributed by atoms with Crippen molar-refractivity contribution in [2.24, 2.45) is 13.0 Å². The van der Waals surface area contributed by atoms with Gasteiger partial charge in [0.05, 0.1) is 6.20 Å². The van der Waals surface area contributed by atoms with Gasteiger partial charge in [-0.15, -0.1) is 0 Å². The number of halogens is 1. The zero-order chi connectivity index (χ0) is 13.7. The summed E-state index contributed by atoms with van der Waals surface area (Å²) in [5.41, 5.74) is 2.62. The zero-order valence-corrected chi connectivity index (χ0v) is 12.2. The molecule has 0 spiro atoms. The fourth-order valence-corrected chi connectivity index (χ4v) is 2.50. The molecule has 0 aliphatic heterocycles. The maximum absolute atomic E-state index is 5.92. The van der Waals surface area contributed by atoms with Gasteiger partial charge in [0.1, 0.15) is 0 Å². The number of benzene rings is 1. The van der Waals surface area contributed by atoms with Crippen LogP contribution in [0.1, 0.15) is 11.1 Å². The molecule has 1 atom stereocenters. The monoisotopic (exact) mass is 277 g/mol. The van der Waals surface area contributed by atoms with Crippen molar-refractivity contribution in [1.29, 1.82) is 0 Å². The first-order valence-electron chi connectivity index (χ1n) is 6.54. The lowest BCUT2D eigenvalue weighted by Gasteiger charge is -2.15. The van der Waals surface area contributed by atoms with E-state index in [4.69, 9.17) is 11.6 Å². The Kier molecular flexibility index (Phi) is 5.00. The third-order valence-electron chi connectivity index (χ3n) is 3.21. The second kappa shape index (κ2) is 6.73. The van der Waals surface area contributed by atoms with E-state index in [1.807, 2.05) is 37.1 Å². The topological polar surface area (TPSA) is 29.9 Å². The van der Waals surface area contributed by atoms with Gasteiger partial charge in [-0.3, -0.25) is 4.68 Å². The third kappa shape index (κ3) is 4.37. The van der Waals surface area contributed by atoms with Crippen molar-refractivity contribution < 1.29 is 0 Å². The highest BCUT2D eigenvalue weighted by molar-refractivity contribution is 6.30. The van der Waals surface area contributed by atoms with Crippen molar-refractivity contribution in [1.82, 2.24) is 15.1 Å². The van der Waals surface area contributed by atoms with Crippen LogP contribution in [-0.4, -0.2) is 23.4 Å². The molecule has 2 rings (SSSR count). The van der Waals surface area contributed by atoms with Gasteiger partial charge in [0.15, 0.2) is 0 Å². The standard InChI is InChI=1S/C15H20ClN3/c1-17-9-13(8-14-10-18-19(2)11-14)7-12-3-5-15(16)6-4-12/h3-6,10-11,13,17H,7-9H2,1-2H3. The van der Waals surface area contributed by atoms with Gasteiger partial charge in [-0.25, -0.2) is 0 Å². The molecule has 19 heavy (non-hydrogen) atoms. The molecular weight excluding hydrogens is 258 g/mol. The smallest absolute Gasteiger partial charge is 0.0521 e. The van der Waals surface area contributed by atoms with E-state index in [0.717, 1.165) is 24.4 Å². The summed E-state index contributed by atoms with van der Waals surface area (Å²) in [6.07, 6.45) is 6.12. The quantitative estimate of drug-likeness (QED) is 0.880. The van der Waals surface area contributed by atoms with Crippen LogP contribution in [0.3, 0.4) is 0 Å². The molecule has 4 heteroatoms. The Labute approximate surface area is 119 Å². The Bertz CT molecular complexity index is 504. The van der Waals surface area contributed by atoms with E-state index < -0.39 is 0 Å². The molecule has 102 valence electrons. The first-order chi connectivity index (χ1) is 9.17. The molecule has 0 saturated heterocycles. The summed E-state index contributed by atoms with van der Waals surface area (Å²) in [6.45, 7) is 0.998. The van der Waals surface area contributed by atoms with Crippen LogP contribution in [0.2, 0.25) is 5.02 Å². The van der Waals surface area contributed by atoms with Crippen LogP contribution in [-0.2, 0) is 19.9 Å². The highest BCUT2D eigenvalue weighted by atomic mass is 35.5. The molecule has 1 aromatic heterocycles. The van der Waals surface area contributed by atoms with Crippen LogP contribution in [0, 0.1) is 5.92 Å². The largest absolute Gasteiger partial charge is 0.319 e. The summed E-state index contributed by atoms with van der Waals surface area (Å²) >= 11 is 5.92. The lowest BCUT2D eigenvalue weighted by atomic mass is 9.94. The van der Waals surface area contributed by atoms with Crippen LogP contribution in [0.5, 0.6) is 0 Å². The highest BCUT2D eigenvalue weighted by Crippen LogP contribution is 2.16. The van der Waals surface area contributed by atoms with E-state index >= 15 is 0 Å². The molecule has 0 bridgehead atoms. The van der Waals surface area contributed by atoms with E-state index in [-0.39, 0.29) is 0 Å². The second-order valence-corrected chi connectivity index (χ2v) is 5.42. The van der Waals surface area contributed by atoms with Crippen LogP contribution in [0.15, 0.2) is 36.7 Å². The van der Waals surface area contributed by atoms with Crippen LogP contribution >= 0.6 is 11.6 Å². The minimum atomic E-state index is 0.565. The van der Waals surface area contributed by atoms with E-state index in [1.54, 1.807) is 0 Å². The molecule has 0 aliphatic rings. The third-order valence-corrected chi connectivity index (χ3v) is 3.47. The molecule has 2 aromatic rings. The summed E-state index contributed by atoms with van der Waals surface area (Å²) in [5.74, 6) is 0.565. The van der Waals surface area contributed by atoms with Crippen molar-refractivity contribution in [2.75, 3.05) is 13.6 Å². The van der Waals surface area contributed by atoms with Crippen molar-refractivity contribution in [3.63, 3.8) is 0 Å². The first-order valence-corrected chi connectivity index (χ1v) is 6.91. The van der Waals surface area contributed by atoms with Gasteiger partial charge < -0.3 is 5.32 Å². The van der Waals surface area contributed by atoms with E-state index in [2.05, 4.69) is 28.7 Å². The predicted molar refractivity (Wildman–Crippen MR) is 79.5 cm³/mol. The summed E-state index contributed by atoms with van der Waals surface area (Å²) in [6, 6.07) is 8.12. The van der Waals surface area contributed by atoms with Gasteiger partial charge in [0, 0.05) is 18.3 Å². The van der Waals surface area contributed by atoms with Gasteiger partial charge in [-0.2, -0.15) is 5.10 Å². The SMILES string of the molecule is CNCC(Cc1ccc(Cl)cc1)Cc1cnn(C)c1. The van der Waals surface area contributed by atoms with Gasteiger partial charge in [-0.05, 0) is 55.6 Å². The molecule has 3 nitrogen and oxygen atoms in total. The van der Waals surface area contributed by atoms with E-state index in [1.165, 1.54) is 11.1 Å². The molecule has 1 aromatic carbocycles. The molecule has 0 aliphatic carbocycles. The predicted octanol–water partition coefficient (Wildman–Crippen LogP) is 2.69. The van der Waals surface area contributed by atoms with Crippen LogP contribution < -0.4 is 5.32 Å². The molecule has 0 radical (unpaired) electrons. The van der Waals surface area contributed by atoms with Crippen LogP contribution in [0.4, 0.5) is 0 Å². The Morgan fingerprint density at radius 3 is 2.47 bits per heavy atom. The van der Waals surface area contributed by atoms with Gasteiger partial charge in [0.25, 0.3) is 0 Å². The second-order valence-electron chi connectivity index (χ2n) is 4.98. The van der Waals surface area contributed by atoms with Crippen molar-refractivity contribution in [3.05, 3.63) is 52.8 Å². The number of hydrogen-bond donors (Lipinski definition) is 1. The van der Waals surface area contributed by atoms with Crippen LogP contribution in [0.25, 0.3) is 0 Å². The molecule has 1 unspecified atom stereocenters. The minimum absolute atomic E-state index is 0.565. The average Bonchev–Trinajstić information content (AvgIpc) is 2.78. The lowest BCUT2D eigenvalue weighted by Crippen LogP contribution is -2.22. The van der Waals surface area contributed by atoms with Gasteiger partial charge >= 0.3 is 0 Å². The summed E-state index contributed by atoms with van der Waals surface area (Å²) in [7, 11) is 3.95. The number of nitrogens with zero attached hydrogens (tertiary/aromatic N) is 2. The summed E-state index contributed by atoms with van der Waals surface area (Å²) < 4.78 is 1.86. The first kappa shape index (κ1) is 14.1. The Hall–Kier alpha value is -1.32. The molecule has 0 amide bonds. The average molecular weight is 278 g/mol. The number of hydrogen-bond acceptors (Lipinski definition) is 2. The fourth-order valence-electron chi connectivity index (χ4n) is 2.37. The maximum Gasteiger partial charge on any atom is 0.0521 e. The number of nitrogens with one attached hydrogen (secondary N) is 1. The van der Waals surface area contributed by atoms with Gasteiger partial charge in [-0.1, -0.05) is 23.7 Å². The number of aromatic nitrogens is 2. The molecule has 1 heterocycles. The van der Waals surface area contributed by atoms with Crippen molar-refractivity contribution in [3.8, 4) is 0 Å².